The van der Waals surface area contributed by atoms with E-state index in [0.29, 0.717) is 29.5 Å². The van der Waals surface area contributed by atoms with Gasteiger partial charge in [0.05, 0.1) is 4.90 Å². The van der Waals surface area contributed by atoms with Gasteiger partial charge >= 0.3 is 0 Å². The number of thioether (sulfide) groups is 1. The number of amides is 1. The van der Waals surface area contributed by atoms with Crippen molar-refractivity contribution in [3.63, 3.8) is 0 Å². The van der Waals surface area contributed by atoms with Gasteiger partial charge in [0, 0.05) is 11.6 Å². The van der Waals surface area contributed by atoms with E-state index in [4.69, 9.17) is 11.6 Å². The Balaban J connectivity index is 1.79. The highest BCUT2D eigenvalue weighted by Crippen LogP contribution is 2.29. The van der Waals surface area contributed by atoms with Crippen molar-refractivity contribution in [3.8, 4) is 0 Å². The SMILES string of the molecule is CSc1nnc(NC(=O)[C@H]2CCCN2S(=O)(=O)c2ccc(Cl)cc2)s1. The van der Waals surface area contributed by atoms with Crippen LogP contribution in [0.2, 0.25) is 5.02 Å². The summed E-state index contributed by atoms with van der Waals surface area (Å²) in [6, 6.07) is 5.17. The van der Waals surface area contributed by atoms with Gasteiger partial charge in [0.2, 0.25) is 21.1 Å². The van der Waals surface area contributed by atoms with Crippen molar-refractivity contribution < 1.29 is 13.2 Å². The van der Waals surface area contributed by atoms with Crippen molar-refractivity contribution in [1.29, 1.82) is 0 Å². The van der Waals surface area contributed by atoms with E-state index in [2.05, 4.69) is 15.5 Å². The molecule has 3 rings (SSSR count). The summed E-state index contributed by atoms with van der Waals surface area (Å²) in [6.45, 7) is 0.301. The molecule has 11 heteroatoms. The van der Waals surface area contributed by atoms with Crippen LogP contribution >= 0.6 is 34.7 Å². The van der Waals surface area contributed by atoms with Crippen molar-refractivity contribution in [2.45, 2.75) is 28.1 Å². The lowest BCUT2D eigenvalue weighted by Gasteiger charge is -2.22. The molecule has 0 radical (unpaired) electrons. The summed E-state index contributed by atoms with van der Waals surface area (Å²) >= 11 is 8.50. The first kappa shape index (κ1) is 18.6. The lowest BCUT2D eigenvalue weighted by Crippen LogP contribution is -2.43. The quantitative estimate of drug-likeness (QED) is 0.592. The fourth-order valence-corrected chi connectivity index (χ4v) is 5.52. The van der Waals surface area contributed by atoms with Gasteiger partial charge in [-0.2, -0.15) is 4.31 Å². The van der Waals surface area contributed by atoms with Crippen LogP contribution in [0.4, 0.5) is 5.13 Å². The minimum absolute atomic E-state index is 0.122. The number of benzene rings is 1. The molecule has 1 fully saturated rings. The first-order valence-electron chi connectivity index (χ1n) is 7.37. The van der Waals surface area contributed by atoms with E-state index >= 15 is 0 Å². The number of hydrogen-bond acceptors (Lipinski definition) is 7. The molecule has 1 aromatic carbocycles. The van der Waals surface area contributed by atoms with Crippen LogP contribution in [0.25, 0.3) is 0 Å². The average Bonchev–Trinajstić information content (AvgIpc) is 3.24. The number of carbonyl (C=O) groups excluding carboxylic acids is 1. The second-order valence-corrected chi connectivity index (χ2v) is 9.65. The Morgan fingerprint density at radius 1 is 1.36 bits per heavy atom. The Morgan fingerprint density at radius 2 is 2.08 bits per heavy atom. The predicted molar refractivity (Wildman–Crippen MR) is 98.7 cm³/mol. The molecule has 1 saturated heterocycles. The number of nitrogens with zero attached hydrogens (tertiary/aromatic N) is 3. The molecule has 2 heterocycles. The molecular formula is C14H15ClN4O3S3. The molecule has 1 aliphatic heterocycles. The molecule has 2 aromatic rings. The Labute approximate surface area is 158 Å². The van der Waals surface area contributed by atoms with Crippen LogP contribution in [0.15, 0.2) is 33.5 Å². The largest absolute Gasteiger partial charge is 0.299 e. The van der Waals surface area contributed by atoms with E-state index in [1.165, 1.54) is 51.7 Å². The number of anilines is 1. The van der Waals surface area contributed by atoms with Crippen LogP contribution < -0.4 is 5.32 Å². The molecule has 0 bridgehead atoms. The van der Waals surface area contributed by atoms with Crippen molar-refractivity contribution in [1.82, 2.24) is 14.5 Å². The maximum atomic E-state index is 12.8. The molecule has 134 valence electrons. The van der Waals surface area contributed by atoms with E-state index in [1.807, 2.05) is 6.26 Å². The molecule has 0 aliphatic carbocycles. The second-order valence-electron chi connectivity index (χ2n) is 5.29. The maximum Gasteiger partial charge on any atom is 0.244 e. The van der Waals surface area contributed by atoms with E-state index in [9.17, 15) is 13.2 Å². The Kier molecular flexibility index (Phi) is 5.64. The minimum atomic E-state index is -3.76. The minimum Gasteiger partial charge on any atom is -0.299 e. The summed E-state index contributed by atoms with van der Waals surface area (Å²) in [7, 11) is -3.76. The van der Waals surface area contributed by atoms with Crippen LogP contribution in [-0.4, -0.2) is 47.7 Å². The first-order valence-corrected chi connectivity index (χ1v) is 11.2. The van der Waals surface area contributed by atoms with Gasteiger partial charge in [-0.3, -0.25) is 10.1 Å². The monoisotopic (exact) mass is 418 g/mol. The third-order valence-corrected chi connectivity index (χ3v) is 7.73. The van der Waals surface area contributed by atoms with Gasteiger partial charge in [0.15, 0.2) is 4.34 Å². The lowest BCUT2D eigenvalue weighted by atomic mass is 10.2. The van der Waals surface area contributed by atoms with Gasteiger partial charge < -0.3 is 0 Å². The second kappa shape index (κ2) is 7.58. The van der Waals surface area contributed by atoms with Crippen molar-refractivity contribution >= 4 is 55.8 Å². The van der Waals surface area contributed by atoms with Crippen LogP contribution in [0.5, 0.6) is 0 Å². The summed E-state index contributed by atoms with van der Waals surface area (Å²) in [4.78, 5) is 12.7. The molecule has 1 aromatic heterocycles. The van der Waals surface area contributed by atoms with Gasteiger partial charge in [-0.1, -0.05) is 34.7 Å². The molecule has 0 unspecified atom stereocenters. The Bertz CT molecular complexity index is 870. The van der Waals surface area contributed by atoms with Crippen molar-refractivity contribution in [3.05, 3.63) is 29.3 Å². The summed E-state index contributed by atoms with van der Waals surface area (Å²) in [5, 5.41) is 11.3. The van der Waals surface area contributed by atoms with Crippen molar-refractivity contribution in [2.24, 2.45) is 0 Å². The van der Waals surface area contributed by atoms with E-state index in [-0.39, 0.29) is 10.8 Å². The predicted octanol–water partition coefficient (Wildman–Crippen LogP) is 2.71. The zero-order chi connectivity index (χ0) is 18.0. The number of hydrogen-bond donors (Lipinski definition) is 1. The third kappa shape index (κ3) is 3.98. The number of aromatic nitrogens is 2. The highest BCUT2D eigenvalue weighted by molar-refractivity contribution is 8.00. The third-order valence-electron chi connectivity index (χ3n) is 3.74. The lowest BCUT2D eigenvalue weighted by molar-refractivity contribution is -0.119. The Morgan fingerprint density at radius 3 is 2.72 bits per heavy atom. The molecular weight excluding hydrogens is 404 g/mol. The molecule has 1 aliphatic rings. The van der Waals surface area contributed by atoms with Gasteiger partial charge in [0.25, 0.3) is 0 Å². The van der Waals surface area contributed by atoms with Gasteiger partial charge in [-0.05, 0) is 43.4 Å². The van der Waals surface area contributed by atoms with Crippen LogP contribution in [0, 0.1) is 0 Å². The molecule has 0 saturated carbocycles. The normalized spacial score (nSPS) is 18.4. The fraction of sp³-hybridized carbons (Fsp3) is 0.357. The average molecular weight is 419 g/mol. The highest BCUT2D eigenvalue weighted by Gasteiger charge is 2.39. The van der Waals surface area contributed by atoms with E-state index in [1.54, 1.807) is 0 Å². The molecule has 7 nitrogen and oxygen atoms in total. The highest BCUT2D eigenvalue weighted by atomic mass is 35.5. The summed E-state index contributed by atoms with van der Waals surface area (Å²) < 4.78 is 27.6. The van der Waals surface area contributed by atoms with Gasteiger partial charge in [-0.15, -0.1) is 10.2 Å². The number of carbonyl (C=O) groups is 1. The first-order chi connectivity index (χ1) is 11.9. The molecule has 1 amide bonds. The molecule has 25 heavy (non-hydrogen) atoms. The topological polar surface area (TPSA) is 92.3 Å². The smallest absolute Gasteiger partial charge is 0.244 e. The van der Waals surface area contributed by atoms with Gasteiger partial charge in [-0.25, -0.2) is 8.42 Å². The number of rotatable bonds is 5. The van der Waals surface area contributed by atoms with Crippen LogP contribution in [0.1, 0.15) is 12.8 Å². The van der Waals surface area contributed by atoms with Crippen LogP contribution in [0.3, 0.4) is 0 Å². The Hall–Kier alpha value is -1.20. The number of halogens is 1. The standard InChI is InChI=1S/C14H15ClN4O3S3/c1-23-14-18-17-13(24-14)16-12(20)11-3-2-8-19(11)25(21,22)10-6-4-9(15)5-7-10/h4-7,11H,2-3,8H2,1H3,(H,16,17,20)/t11-/m1/s1. The molecule has 1 N–H and O–H groups in total. The molecule has 1 atom stereocenters. The summed E-state index contributed by atoms with van der Waals surface area (Å²) in [5.41, 5.74) is 0. The van der Waals surface area contributed by atoms with Crippen LogP contribution in [-0.2, 0) is 14.8 Å². The van der Waals surface area contributed by atoms with Crippen molar-refractivity contribution in [2.75, 3.05) is 18.1 Å². The van der Waals surface area contributed by atoms with E-state index in [0.717, 1.165) is 4.34 Å². The fourth-order valence-electron chi connectivity index (χ4n) is 2.56. The number of nitrogens with one attached hydrogen (secondary N) is 1. The van der Waals surface area contributed by atoms with E-state index < -0.39 is 16.1 Å². The summed E-state index contributed by atoms with van der Waals surface area (Å²) in [6.07, 6.45) is 2.95. The number of sulfonamides is 1. The zero-order valence-corrected chi connectivity index (χ0v) is 16.4. The maximum absolute atomic E-state index is 12.8. The molecule has 0 spiro atoms. The zero-order valence-electron chi connectivity index (χ0n) is 13.2. The van der Waals surface area contributed by atoms with Gasteiger partial charge in [0.1, 0.15) is 6.04 Å². The summed E-state index contributed by atoms with van der Waals surface area (Å²) in [5.74, 6) is -0.390.